The van der Waals surface area contributed by atoms with Gasteiger partial charge in [0, 0.05) is 27.2 Å². The van der Waals surface area contributed by atoms with Crippen molar-refractivity contribution in [3.63, 3.8) is 0 Å². The van der Waals surface area contributed by atoms with Crippen LogP contribution < -0.4 is 4.74 Å². The summed E-state index contributed by atoms with van der Waals surface area (Å²) in [7, 11) is 1.26. The summed E-state index contributed by atoms with van der Waals surface area (Å²) in [6.45, 7) is 11.5. The van der Waals surface area contributed by atoms with E-state index < -0.39 is 10.0 Å². The van der Waals surface area contributed by atoms with Gasteiger partial charge in [-0.2, -0.15) is 4.31 Å². The molecule has 8 heteroatoms. The number of amides is 1. The number of aryl methyl sites for hydroxylation is 2. The molecule has 0 radical (unpaired) electrons. The number of rotatable bonds is 12. The van der Waals surface area contributed by atoms with Gasteiger partial charge >= 0.3 is 0 Å². The minimum absolute atomic E-state index is 0.0358. The molecule has 0 bridgehead atoms. The fourth-order valence-electron chi connectivity index (χ4n) is 5.00. The molecular weight excluding hydrogens is 476 g/mol. The van der Waals surface area contributed by atoms with Crippen molar-refractivity contribution < 1.29 is 22.7 Å². The summed E-state index contributed by atoms with van der Waals surface area (Å²) in [5.74, 6) is 1.95. The molecule has 1 aromatic rings. The zero-order valence-electron chi connectivity index (χ0n) is 23.7. The van der Waals surface area contributed by atoms with Gasteiger partial charge in [0.25, 0.3) is 0 Å². The first-order valence-corrected chi connectivity index (χ1v) is 14.6. The van der Waals surface area contributed by atoms with E-state index in [9.17, 15) is 13.2 Å². The van der Waals surface area contributed by atoms with Gasteiger partial charge in [-0.15, -0.1) is 0 Å². The minimum atomic E-state index is -3.68. The maximum Gasteiger partial charge on any atom is 0.248 e. The fraction of sp³-hybridized carbons (Fsp3) is 0.750. The number of benzene rings is 1. The molecular formula is C28H48N2O5S. The first-order valence-electron chi connectivity index (χ1n) is 13.2. The van der Waals surface area contributed by atoms with Crippen LogP contribution >= 0.6 is 0 Å². The van der Waals surface area contributed by atoms with Crippen LogP contribution in [0.25, 0.3) is 0 Å². The highest BCUT2D eigenvalue weighted by molar-refractivity contribution is 7.89. The summed E-state index contributed by atoms with van der Waals surface area (Å²) in [5.41, 5.74) is 1.68. The topological polar surface area (TPSA) is 76.1 Å². The molecule has 0 N–H and O–H groups in total. The van der Waals surface area contributed by atoms with Crippen LogP contribution in [0.2, 0.25) is 0 Å². The Morgan fingerprint density at radius 3 is 2.11 bits per heavy atom. The summed E-state index contributed by atoms with van der Waals surface area (Å²) in [5, 5.41) is 0. The average Bonchev–Trinajstić information content (AvgIpc) is 2.79. The molecule has 0 saturated heterocycles. The predicted molar refractivity (Wildman–Crippen MR) is 145 cm³/mol. The Hall–Kier alpha value is -1.64. The summed E-state index contributed by atoms with van der Waals surface area (Å²) >= 11 is 0. The molecule has 1 aliphatic carbocycles. The van der Waals surface area contributed by atoms with Gasteiger partial charge in [-0.1, -0.05) is 33.6 Å². The molecule has 2 rings (SSSR count). The monoisotopic (exact) mass is 524 g/mol. The van der Waals surface area contributed by atoms with Crippen molar-refractivity contribution in [3.8, 4) is 5.75 Å². The lowest BCUT2D eigenvalue weighted by Crippen LogP contribution is -2.36. The van der Waals surface area contributed by atoms with Gasteiger partial charge < -0.3 is 14.4 Å². The zero-order chi connectivity index (χ0) is 27.1. The summed E-state index contributed by atoms with van der Waals surface area (Å²) in [6, 6.07) is 3.44. The molecule has 1 aliphatic rings. The number of carbonyl (C=O) groups is 1. The fourth-order valence-corrected chi connectivity index (χ4v) is 6.56. The van der Waals surface area contributed by atoms with Gasteiger partial charge in [0.15, 0.2) is 0 Å². The Balaban J connectivity index is 1.74. The van der Waals surface area contributed by atoms with Crippen LogP contribution in [0, 0.1) is 31.1 Å². The van der Waals surface area contributed by atoms with E-state index in [1.54, 1.807) is 38.0 Å². The van der Waals surface area contributed by atoms with Crippen LogP contribution in [-0.4, -0.2) is 71.0 Å². The Kier molecular flexibility index (Phi) is 11.3. The van der Waals surface area contributed by atoms with E-state index in [4.69, 9.17) is 9.47 Å². The number of methoxy groups -OCH3 is 1. The van der Waals surface area contributed by atoms with E-state index in [2.05, 4.69) is 20.8 Å². The number of carbonyl (C=O) groups excluding carboxylic acids is 1. The van der Waals surface area contributed by atoms with E-state index >= 15 is 0 Å². The first-order chi connectivity index (χ1) is 16.7. The smallest absolute Gasteiger partial charge is 0.248 e. The van der Waals surface area contributed by atoms with E-state index in [0.29, 0.717) is 28.2 Å². The van der Waals surface area contributed by atoms with Gasteiger partial charge in [0.2, 0.25) is 15.9 Å². The Morgan fingerprint density at radius 1 is 1.03 bits per heavy atom. The normalized spacial score (nSPS) is 18.9. The highest BCUT2D eigenvalue weighted by Gasteiger charge is 2.26. The van der Waals surface area contributed by atoms with Crippen molar-refractivity contribution >= 4 is 15.9 Å². The largest absolute Gasteiger partial charge is 0.497 e. The van der Waals surface area contributed by atoms with Crippen LogP contribution in [0.1, 0.15) is 70.4 Å². The maximum atomic E-state index is 13.1. The molecule has 1 amide bonds. The highest BCUT2D eigenvalue weighted by Crippen LogP contribution is 2.35. The molecule has 206 valence electrons. The van der Waals surface area contributed by atoms with Gasteiger partial charge in [-0.3, -0.25) is 4.79 Å². The first kappa shape index (κ1) is 30.6. The van der Waals surface area contributed by atoms with Crippen molar-refractivity contribution in [1.29, 1.82) is 0 Å². The lowest BCUT2D eigenvalue weighted by Gasteiger charge is -2.32. The second kappa shape index (κ2) is 13.2. The van der Waals surface area contributed by atoms with Gasteiger partial charge in [-0.25, -0.2) is 8.42 Å². The van der Waals surface area contributed by atoms with Crippen LogP contribution in [0.5, 0.6) is 5.75 Å². The zero-order valence-corrected chi connectivity index (χ0v) is 24.5. The molecule has 1 fully saturated rings. The number of likely N-dealkylation sites (N-methyl/N-ethyl adjacent to an activating group) is 2. The van der Waals surface area contributed by atoms with Crippen molar-refractivity contribution in [2.75, 3.05) is 47.5 Å². The minimum Gasteiger partial charge on any atom is -0.497 e. The second-order valence-electron chi connectivity index (χ2n) is 11.7. The second-order valence-corrected chi connectivity index (χ2v) is 13.7. The molecule has 1 aromatic carbocycles. The molecule has 1 saturated carbocycles. The van der Waals surface area contributed by atoms with Crippen molar-refractivity contribution in [1.82, 2.24) is 9.21 Å². The molecule has 0 heterocycles. The van der Waals surface area contributed by atoms with Crippen LogP contribution in [-0.2, 0) is 19.6 Å². The van der Waals surface area contributed by atoms with Gasteiger partial charge in [0.05, 0.1) is 18.6 Å². The Morgan fingerprint density at radius 2 is 1.58 bits per heavy atom. The third-order valence-electron chi connectivity index (χ3n) is 7.34. The number of sulfonamides is 1. The average molecular weight is 525 g/mol. The molecule has 7 nitrogen and oxygen atoms in total. The molecule has 0 unspecified atom stereocenters. The van der Waals surface area contributed by atoms with Crippen molar-refractivity contribution in [3.05, 3.63) is 23.3 Å². The number of hydrogen-bond donors (Lipinski definition) is 0. The van der Waals surface area contributed by atoms with Crippen LogP contribution in [0.4, 0.5) is 0 Å². The van der Waals surface area contributed by atoms with E-state index in [1.165, 1.54) is 49.9 Å². The lowest BCUT2D eigenvalue weighted by molar-refractivity contribution is -0.135. The van der Waals surface area contributed by atoms with E-state index in [-0.39, 0.29) is 30.6 Å². The van der Waals surface area contributed by atoms with Crippen LogP contribution in [0.3, 0.4) is 0 Å². The molecule has 0 atom stereocenters. The van der Waals surface area contributed by atoms with Crippen molar-refractivity contribution in [2.45, 2.75) is 78.0 Å². The van der Waals surface area contributed by atoms with Gasteiger partial charge in [-0.05, 0) is 80.0 Å². The number of nitrogens with zero attached hydrogens (tertiary/aromatic N) is 2. The van der Waals surface area contributed by atoms with E-state index in [1.807, 2.05) is 7.05 Å². The SMILES string of the molecule is COc1cc(C)c(S(=O)(=O)N(C)CCOCC(=O)N(C)CC2CCC(CCC(C)(C)C)CC2)c(C)c1. The summed E-state index contributed by atoms with van der Waals surface area (Å²) in [4.78, 5) is 14.6. The lowest BCUT2D eigenvalue weighted by atomic mass is 9.77. The molecule has 0 aromatic heterocycles. The van der Waals surface area contributed by atoms with E-state index in [0.717, 1.165) is 12.5 Å². The Bertz CT molecular complexity index is 940. The summed E-state index contributed by atoms with van der Waals surface area (Å²) < 4.78 is 38.3. The Labute approximate surface area is 219 Å². The third kappa shape index (κ3) is 9.03. The third-order valence-corrected chi connectivity index (χ3v) is 9.50. The quantitative estimate of drug-likeness (QED) is 0.358. The highest BCUT2D eigenvalue weighted by atomic mass is 32.2. The summed E-state index contributed by atoms with van der Waals surface area (Å²) in [6.07, 6.45) is 7.45. The number of ether oxygens (including phenoxy) is 2. The standard InChI is InChI=1S/C28H48N2O5S/c1-21-17-25(34-8)18-22(2)27(21)36(32,33)30(7)15-16-35-20-26(31)29(6)19-24-11-9-23(10-12-24)13-14-28(3,4)5/h17-18,23-24H,9-16,19-20H2,1-8H3. The van der Waals surface area contributed by atoms with Gasteiger partial charge in [0.1, 0.15) is 12.4 Å². The van der Waals surface area contributed by atoms with Crippen LogP contribution in [0.15, 0.2) is 17.0 Å². The molecule has 36 heavy (non-hydrogen) atoms. The predicted octanol–water partition coefficient (Wildman–Crippen LogP) is 5.04. The maximum absolute atomic E-state index is 13.1. The molecule has 0 spiro atoms. The number of hydrogen-bond acceptors (Lipinski definition) is 5. The molecule has 0 aliphatic heterocycles. The van der Waals surface area contributed by atoms with Crippen molar-refractivity contribution in [2.24, 2.45) is 17.3 Å².